The highest BCUT2D eigenvalue weighted by atomic mass is 32.2. The fraction of sp³-hybridized carbons (Fsp3) is 0.400. The third-order valence-corrected chi connectivity index (χ3v) is 1.47. The van der Waals surface area contributed by atoms with Gasteiger partial charge in [-0.1, -0.05) is 0 Å². The third kappa shape index (κ3) is 1.78. The summed E-state index contributed by atoms with van der Waals surface area (Å²) in [5, 5.41) is 2.07. The number of thioether (sulfide) groups is 1. The monoisotopic (exact) mass is 113 g/mol. The zero-order chi connectivity index (χ0) is 4.95. The SMILES string of the molecule is C1=CSCCN=C1. The van der Waals surface area contributed by atoms with Gasteiger partial charge in [0, 0.05) is 18.5 Å². The van der Waals surface area contributed by atoms with Crippen molar-refractivity contribution in [1.29, 1.82) is 0 Å². The van der Waals surface area contributed by atoms with Gasteiger partial charge in [-0.3, -0.25) is 4.99 Å². The van der Waals surface area contributed by atoms with Gasteiger partial charge in [-0.15, -0.1) is 11.8 Å². The van der Waals surface area contributed by atoms with Crippen molar-refractivity contribution < 1.29 is 0 Å². The number of aliphatic imine (C=N–C) groups is 1. The van der Waals surface area contributed by atoms with Crippen LogP contribution in [-0.4, -0.2) is 18.5 Å². The van der Waals surface area contributed by atoms with Gasteiger partial charge in [0.2, 0.25) is 0 Å². The summed E-state index contributed by atoms with van der Waals surface area (Å²) < 4.78 is 0. The van der Waals surface area contributed by atoms with Crippen LogP contribution in [0.3, 0.4) is 0 Å². The molecule has 2 heteroatoms. The maximum absolute atomic E-state index is 4.04. The fourth-order valence-electron chi connectivity index (χ4n) is 0.400. The van der Waals surface area contributed by atoms with Crippen molar-refractivity contribution in [3.63, 3.8) is 0 Å². The Kier molecular flexibility index (Phi) is 2.00. The molecule has 1 heterocycles. The van der Waals surface area contributed by atoms with Gasteiger partial charge in [0.1, 0.15) is 0 Å². The molecule has 0 saturated carbocycles. The minimum Gasteiger partial charge on any atom is -0.292 e. The van der Waals surface area contributed by atoms with E-state index < -0.39 is 0 Å². The summed E-state index contributed by atoms with van der Waals surface area (Å²) >= 11 is 1.81. The lowest BCUT2D eigenvalue weighted by molar-refractivity contribution is 1.16. The average Bonchev–Trinajstić information content (AvgIpc) is 1.90. The molecule has 0 atom stereocenters. The molecule has 0 fully saturated rings. The Morgan fingerprint density at radius 1 is 1.57 bits per heavy atom. The number of hydrogen-bond donors (Lipinski definition) is 0. The molecular formula is C5H7NS. The predicted molar refractivity (Wildman–Crippen MR) is 35.0 cm³/mol. The first-order chi connectivity index (χ1) is 3.50. The quantitative estimate of drug-likeness (QED) is 0.461. The molecule has 1 aliphatic heterocycles. The third-order valence-electron chi connectivity index (χ3n) is 0.705. The second-order valence-electron chi connectivity index (χ2n) is 1.25. The van der Waals surface area contributed by atoms with Crippen LogP contribution in [0.25, 0.3) is 0 Å². The van der Waals surface area contributed by atoms with E-state index in [1.807, 2.05) is 24.1 Å². The van der Waals surface area contributed by atoms with Crippen LogP contribution in [0.5, 0.6) is 0 Å². The van der Waals surface area contributed by atoms with Gasteiger partial charge in [0.25, 0.3) is 0 Å². The summed E-state index contributed by atoms with van der Waals surface area (Å²) in [4.78, 5) is 4.04. The Bertz CT molecular complexity index is 84.3. The minimum atomic E-state index is 0.970. The van der Waals surface area contributed by atoms with Crippen LogP contribution in [0.1, 0.15) is 0 Å². The van der Waals surface area contributed by atoms with Gasteiger partial charge >= 0.3 is 0 Å². The Hall–Kier alpha value is -0.240. The second kappa shape index (κ2) is 2.86. The van der Waals surface area contributed by atoms with Crippen molar-refractivity contribution in [3.8, 4) is 0 Å². The molecule has 1 rings (SSSR count). The molecule has 0 N–H and O–H groups in total. The molecule has 0 saturated heterocycles. The second-order valence-corrected chi connectivity index (χ2v) is 2.27. The number of hydrogen-bond acceptors (Lipinski definition) is 2. The standard InChI is InChI=1S/C5H7NS/c1-2-6-3-5-7-4-1/h1-2,4H,3,5H2. The van der Waals surface area contributed by atoms with Crippen molar-refractivity contribution in [1.82, 2.24) is 0 Å². The molecule has 1 nitrogen and oxygen atoms in total. The van der Waals surface area contributed by atoms with Crippen molar-refractivity contribution in [2.45, 2.75) is 0 Å². The zero-order valence-electron chi connectivity index (χ0n) is 4.00. The molecular weight excluding hydrogens is 106 g/mol. The first kappa shape index (κ1) is 4.91. The van der Waals surface area contributed by atoms with Crippen molar-refractivity contribution in [3.05, 3.63) is 11.5 Å². The van der Waals surface area contributed by atoms with E-state index in [2.05, 4.69) is 10.4 Å². The lowest BCUT2D eigenvalue weighted by Crippen LogP contribution is -1.78. The van der Waals surface area contributed by atoms with Crippen LogP contribution in [0, 0.1) is 0 Å². The Morgan fingerprint density at radius 3 is 3.57 bits per heavy atom. The zero-order valence-corrected chi connectivity index (χ0v) is 4.82. The van der Waals surface area contributed by atoms with Crippen LogP contribution >= 0.6 is 11.8 Å². The van der Waals surface area contributed by atoms with Gasteiger partial charge < -0.3 is 0 Å². The molecule has 0 aromatic rings. The molecule has 0 bridgehead atoms. The highest BCUT2D eigenvalue weighted by Gasteiger charge is 1.82. The summed E-state index contributed by atoms with van der Waals surface area (Å²) in [6, 6.07) is 0. The van der Waals surface area contributed by atoms with Crippen LogP contribution in [-0.2, 0) is 0 Å². The van der Waals surface area contributed by atoms with E-state index >= 15 is 0 Å². The summed E-state index contributed by atoms with van der Waals surface area (Å²) in [7, 11) is 0. The minimum absolute atomic E-state index is 0.970. The van der Waals surface area contributed by atoms with E-state index in [1.54, 1.807) is 0 Å². The van der Waals surface area contributed by atoms with Gasteiger partial charge in [0.15, 0.2) is 0 Å². The highest BCUT2D eigenvalue weighted by molar-refractivity contribution is 8.02. The molecule has 7 heavy (non-hydrogen) atoms. The van der Waals surface area contributed by atoms with Crippen molar-refractivity contribution >= 4 is 18.0 Å². The van der Waals surface area contributed by atoms with Gasteiger partial charge in [-0.25, -0.2) is 0 Å². The Balaban J connectivity index is 2.39. The van der Waals surface area contributed by atoms with E-state index in [0.717, 1.165) is 12.3 Å². The number of nitrogens with zero attached hydrogens (tertiary/aromatic N) is 1. The summed E-state index contributed by atoms with van der Waals surface area (Å²) in [5.74, 6) is 1.13. The topological polar surface area (TPSA) is 12.4 Å². The smallest absolute Gasteiger partial charge is 0.0483 e. The van der Waals surface area contributed by atoms with Gasteiger partial charge in [-0.2, -0.15) is 0 Å². The largest absolute Gasteiger partial charge is 0.292 e. The van der Waals surface area contributed by atoms with Gasteiger partial charge in [-0.05, 0) is 11.5 Å². The number of rotatable bonds is 0. The van der Waals surface area contributed by atoms with E-state index in [9.17, 15) is 0 Å². The predicted octanol–water partition coefficient (Wildman–Crippen LogP) is 1.32. The van der Waals surface area contributed by atoms with E-state index in [-0.39, 0.29) is 0 Å². The Labute approximate surface area is 47.5 Å². The summed E-state index contributed by atoms with van der Waals surface area (Å²) in [5.41, 5.74) is 0. The molecule has 0 aromatic carbocycles. The molecule has 0 spiro atoms. The van der Waals surface area contributed by atoms with Crippen molar-refractivity contribution in [2.24, 2.45) is 4.99 Å². The molecule has 0 aromatic heterocycles. The molecule has 38 valence electrons. The van der Waals surface area contributed by atoms with Crippen LogP contribution in [0.15, 0.2) is 16.5 Å². The summed E-state index contributed by atoms with van der Waals surface area (Å²) in [6.07, 6.45) is 3.82. The number of allylic oxidation sites excluding steroid dienone is 1. The van der Waals surface area contributed by atoms with E-state index in [4.69, 9.17) is 0 Å². The normalized spacial score (nSPS) is 19.4. The summed E-state index contributed by atoms with van der Waals surface area (Å²) in [6.45, 7) is 0.970. The van der Waals surface area contributed by atoms with Crippen LogP contribution in [0.2, 0.25) is 0 Å². The lowest BCUT2D eigenvalue weighted by atomic mass is 10.7. The van der Waals surface area contributed by atoms with E-state index in [1.165, 1.54) is 0 Å². The fourth-order valence-corrected chi connectivity index (χ4v) is 0.928. The maximum Gasteiger partial charge on any atom is 0.0483 e. The first-order valence-electron chi connectivity index (χ1n) is 2.27. The molecule has 1 aliphatic rings. The molecule has 0 aliphatic carbocycles. The van der Waals surface area contributed by atoms with Crippen LogP contribution < -0.4 is 0 Å². The maximum atomic E-state index is 4.04. The van der Waals surface area contributed by atoms with Crippen molar-refractivity contribution in [2.75, 3.05) is 12.3 Å². The Morgan fingerprint density at radius 2 is 2.57 bits per heavy atom. The van der Waals surface area contributed by atoms with Gasteiger partial charge in [0.05, 0.1) is 0 Å². The van der Waals surface area contributed by atoms with E-state index in [0.29, 0.717) is 0 Å². The highest BCUT2D eigenvalue weighted by Crippen LogP contribution is 2.02. The average molecular weight is 113 g/mol. The van der Waals surface area contributed by atoms with Crippen LogP contribution in [0.4, 0.5) is 0 Å². The molecule has 0 radical (unpaired) electrons. The lowest BCUT2D eigenvalue weighted by Gasteiger charge is -1.82. The molecule has 0 amide bonds. The molecule has 0 unspecified atom stereocenters. The first-order valence-corrected chi connectivity index (χ1v) is 3.31.